The minimum Gasteiger partial charge on any atom is -0.493 e. The van der Waals surface area contributed by atoms with Crippen LogP contribution in [0.2, 0.25) is 0 Å². The molecule has 2 aromatic carbocycles. The lowest BCUT2D eigenvalue weighted by atomic mass is 10.0. The molecule has 0 fully saturated rings. The van der Waals surface area contributed by atoms with E-state index in [4.69, 9.17) is 5.11 Å². The molecule has 0 aliphatic carbocycles. The Labute approximate surface area is 191 Å². The zero-order valence-corrected chi connectivity index (χ0v) is 18.4. The van der Waals surface area contributed by atoms with Crippen molar-refractivity contribution >= 4 is 16.9 Å². The molecular weight excluding hydrogens is 418 g/mol. The molecule has 3 heterocycles. The number of aliphatic carboxylic acids is 1. The minimum atomic E-state index is -0.907. The molecular formula is C26H27N3O4. The molecule has 7 heteroatoms. The summed E-state index contributed by atoms with van der Waals surface area (Å²) in [5, 5.41) is 20.8. The predicted molar refractivity (Wildman–Crippen MR) is 126 cm³/mol. The average molecular weight is 446 g/mol. The van der Waals surface area contributed by atoms with Gasteiger partial charge in [-0.1, -0.05) is 48.5 Å². The first-order chi connectivity index (χ1) is 16.0. The van der Waals surface area contributed by atoms with Crippen LogP contribution in [0.15, 0.2) is 59.4 Å². The molecule has 0 unspecified atom stereocenters. The average Bonchev–Trinajstić information content (AvgIpc) is 3.25. The number of imidazole rings is 1. The fraction of sp³-hybridized carbons (Fsp3) is 0.308. The third-order valence-corrected chi connectivity index (χ3v) is 6.61. The van der Waals surface area contributed by atoms with E-state index >= 15 is 0 Å². The number of benzene rings is 2. The van der Waals surface area contributed by atoms with E-state index in [9.17, 15) is 14.7 Å². The molecule has 5 rings (SSSR count). The molecule has 0 bridgehead atoms. The number of carboxylic acids is 1. The van der Waals surface area contributed by atoms with Crippen LogP contribution in [-0.2, 0) is 37.3 Å². The van der Waals surface area contributed by atoms with Gasteiger partial charge in [-0.2, -0.15) is 0 Å². The topological polar surface area (TPSA) is 89.4 Å². The fourth-order valence-electron chi connectivity index (χ4n) is 5.02. The third-order valence-electron chi connectivity index (χ3n) is 6.61. The largest absolute Gasteiger partial charge is 0.493 e. The Morgan fingerprint density at radius 1 is 0.909 bits per heavy atom. The van der Waals surface area contributed by atoms with Crippen molar-refractivity contribution in [2.24, 2.45) is 0 Å². The Bertz CT molecular complexity index is 1380. The van der Waals surface area contributed by atoms with Gasteiger partial charge in [0.2, 0.25) is 5.88 Å². The van der Waals surface area contributed by atoms with Crippen molar-refractivity contribution in [2.75, 3.05) is 0 Å². The second-order valence-electron chi connectivity index (χ2n) is 8.65. The molecule has 2 N–H and O–H groups in total. The second kappa shape index (κ2) is 8.65. The van der Waals surface area contributed by atoms with Crippen molar-refractivity contribution in [2.45, 2.75) is 51.7 Å². The molecule has 33 heavy (non-hydrogen) atoms. The standard InChI is InChI=1S/C26H27N3O4/c30-24(31)13-7-15-28-25(32)22-16-20-19-11-4-5-12-21(19)27(23(20)17-29(22)26(28)33)14-6-10-18-8-2-1-3-9-18/h1-5,8-9,11-12,32H,6-7,10,13-17H2,(H,30,31). The first kappa shape index (κ1) is 21.1. The van der Waals surface area contributed by atoms with E-state index in [1.165, 1.54) is 10.1 Å². The molecule has 0 spiro atoms. The van der Waals surface area contributed by atoms with Crippen molar-refractivity contribution in [3.8, 4) is 5.88 Å². The summed E-state index contributed by atoms with van der Waals surface area (Å²) in [6.07, 6.45) is 2.71. The highest BCUT2D eigenvalue weighted by molar-refractivity contribution is 5.86. The van der Waals surface area contributed by atoms with Crippen LogP contribution in [0.5, 0.6) is 5.88 Å². The van der Waals surface area contributed by atoms with Gasteiger partial charge >= 0.3 is 11.7 Å². The van der Waals surface area contributed by atoms with E-state index in [1.807, 2.05) is 18.2 Å². The van der Waals surface area contributed by atoms with Crippen LogP contribution < -0.4 is 5.69 Å². The van der Waals surface area contributed by atoms with E-state index in [0.717, 1.165) is 41.5 Å². The van der Waals surface area contributed by atoms with E-state index in [-0.39, 0.29) is 24.5 Å². The van der Waals surface area contributed by atoms with Gasteiger partial charge in [0, 0.05) is 42.5 Å². The number of aromatic hydroxyl groups is 1. The zero-order chi connectivity index (χ0) is 22.9. The number of hydrogen-bond donors (Lipinski definition) is 2. The van der Waals surface area contributed by atoms with Gasteiger partial charge in [-0.05, 0) is 36.5 Å². The Kier molecular flexibility index (Phi) is 5.54. The van der Waals surface area contributed by atoms with E-state index < -0.39 is 5.97 Å². The lowest BCUT2D eigenvalue weighted by molar-refractivity contribution is -0.137. The Balaban J connectivity index is 1.46. The Hall–Kier alpha value is -3.74. The van der Waals surface area contributed by atoms with Gasteiger partial charge in [0.15, 0.2) is 0 Å². The van der Waals surface area contributed by atoms with Crippen LogP contribution in [0.1, 0.15) is 41.8 Å². The summed E-state index contributed by atoms with van der Waals surface area (Å²) < 4.78 is 5.28. The van der Waals surface area contributed by atoms with Crippen molar-refractivity contribution in [1.29, 1.82) is 0 Å². The van der Waals surface area contributed by atoms with Gasteiger partial charge in [0.05, 0.1) is 12.2 Å². The Morgan fingerprint density at radius 2 is 1.64 bits per heavy atom. The highest BCUT2D eigenvalue weighted by Crippen LogP contribution is 2.35. The number of rotatable bonds is 8. The SMILES string of the molecule is O=C(O)CCCn1c(O)c2n(c1=O)Cc1c(c3ccccc3n1CCCc1ccccc1)C2. The molecule has 1 aliphatic heterocycles. The van der Waals surface area contributed by atoms with E-state index in [2.05, 4.69) is 41.0 Å². The molecule has 0 radical (unpaired) electrons. The molecule has 0 saturated heterocycles. The third kappa shape index (κ3) is 3.84. The monoisotopic (exact) mass is 445 g/mol. The van der Waals surface area contributed by atoms with Crippen molar-refractivity contribution < 1.29 is 15.0 Å². The minimum absolute atomic E-state index is 0.0380. The number of aromatic nitrogens is 3. The van der Waals surface area contributed by atoms with E-state index in [0.29, 0.717) is 25.1 Å². The van der Waals surface area contributed by atoms with Gasteiger partial charge in [0.25, 0.3) is 0 Å². The van der Waals surface area contributed by atoms with Crippen LogP contribution in [0.3, 0.4) is 0 Å². The van der Waals surface area contributed by atoms with Crippen LogP contribution in [0.25, 0.3) is 10.9 Å². The van der Waals surface area contributed by atoms with Crippen molar-refractivity contribution in [3.63, 3.8) is 0 Å². The smallest absolute Gasteiger partial charge is 0.331 e. The number of carbonyl (C=O) groups is 1. The van der Waals surface area contributed by atoms with E-state index in [1.54, 1.807) is 4.57 Å². The molecule has 0 amide bonds. The molecule has 1 aliphatic rings. The summed E-state index contributed by atoms with van der Waals surface area (Å²) in [7, 11) is 0. The number of carboxylic acid groups (broad SMARTS) is 1. The zero-order valence-electron chi connectivity index (χ0n) is 18.4. The van der Waals surface area contributed by atoms with Crippen LogP contribution >= 0.6 is 0 Å². The van der Waals surface area contributed by atoms with Crippen LogP contribution in [-0.4, -0.2) is 29.9 Å². The van der Waals surface area contributed by atoms with Crippen LogP contribution in [0, 0.1) is 0 Å². The van der Waals surface area contributed by atoms with Crippen molar-refractivity contribution in [1.82, 2.24) is 13.7 Å². The van der Waals surface area contributed by atoms with Gasteiger partial charge in [-0.3, -0.25) is 13.9 Å². The lowest BCUT2D eigenvalue weighted by Crippen LogP contribution is -2.29. The molecule has 7 nitrogen and oxygen atoms in total. The van der Waals surface area contributed by atoms with Gasteiger partial charge < -0.3 is 14.8 Å². The number of para-hydroxylation sites is 1. The molecule has 170 valence electrons. The lowest BCUT2D eigenvalue weighted by Gasteiger charge is -2.18. The van der Waals surface area contributed by atoms with Gasteiger partial charge in [0.1, 0.15) is 0 Å². The summed E-state index contributed by atoms with van der Waals surface area (Å²) in [6.45, 7) is 1.45. The van der Waals surface area contributed by atoms with Crippen molar-refractivity contribution in [3.05, 3.63) is 87.6 Å². The first-order valence-electron chi connectivity index (χ1n) is 11.4. The summed E-state index contributed by atoms with van der Waals surface area (Å²) in [4.78, 5) is 23.9. The Morgan fingerprint density at radius 3 is 2.42 bits per heavy atom. The maximum absolute atomic E-state index is 13.1. The number of aryl methyl sites for hydroxylation is 2. The molecule has 0 saturated carbocycles. The first-order valence-corrected chi connectivity index (χ1v) is 11.4. The highest BCUT2D eigenvalue weighted by atomic mass is 16.4. The molecule has 2 aromatic heterocycles. The molecule has 0 atom stereocenters. The van der Waals surface area contributed by atoms with Crippen LogP contribution in [0.4, 0.5) is 0 Å². The van der Waals surface area contributed by atoms with Gasteiger partial charge in [-0.25, -0.2) is 4.79 Å². The van der Waals surface area contributed by atoms with Gasteiger partial charge in [-0.15, -0.1) is 0 Å². The summed E-state index contributed by atoms with van der Waals surface area (Å²) in [5.74, 6) is -0.952. The maximum atomic E-state index is 13.1. The normalized spacial score (nSPS) is 12.6. The number of fused-ring (bicyclic) bond motifs is 4. The quantitative estimate of drug-likeness (QED) is 0.381. The number of hydrogen-bond acceptors (Lipinski definition) is 3. The highest BCUT2D eigenvalue weighted by Gasteiger charge is 2.29. The summed E-state index contributed by atoms with van der Waals surface area (Å²) in [6, 6.07) is 18.7. The summed E-state index contributed by atoms with van der Waals surface area (Å²) >= 11 is 0. The second-order valence-corrected chi connectivity index (χ2v) is 8.65. The predicted octanol–water partition coefficient (Wildman–Crippen LogP) is 3.76. The maximum Gasteiger partial charge on any atom is 0.331 e. The molecule has 4 aromatic rings. The summed E-state index contributed by atoms with van der Waals surface area (Å²) in [5.41, 5.74) is 5.06. The number of nitrogens with zero attached hydrogens (tertiary/aromatic N) is 3. The fourth-order valence-corrected chi connectivity index (χ4v) is 5.02.